The second kappa shape index (κ2) is 14.7. The third-order valence-corrected chi connectivity index (χ3v) is 8.49. The molecule has 1 N–H and O–H groups in total. The van der Waals surface area contributed by atoms with E-state index in [0.717, 1.165) is 22.7 Å². The topological polar surface area (TPSA) is 96.0 Å². The van der Waals surface area contributed by atoms with Crippen molar-refractivity contribution in [1.29, 1.82) is 0 Å². The summed E-state index contributed by atoms with van der Waals surface area (Å²) in [6, 6.07) is 20.7. The maximum Gasteiger partial charge on any atom is 0.264 e. The fourth-order valence-electron chi connectivity index (χ4n) is 4.22. The summed E-state index contributed by atoms with van der Waals surface area (Å²) in [6.07, 6.45) is 2.10. The molecule has 0 bridgehead atoms. The summed E-state index contributed by atoms with van der Waals surface area (Å²) in [5.74, 6) is -0.272. The molecule has 0 saturated carbocycles. The number of hydrogen-bond donors (Lipinski definition) is 1. The van der Waals surface area contributed by atoms with Gasteiger partial charge in [-0.1, -0.05) is 62.2 Å². The highest BCUT2D eigenvalue weighted by Crippen LogP contribution is 2.27. The summed E-state index contributed by atoms with van der Waals surface area (Å²) in [6.45, 7) is 4.00. The molecular weight excluding hydrogens is 550 g/mol. The first kappa shape index (κ1) is 31.0. The maximum absolute atomic E-state index is 14.0. The number of methoxy groups -OCH3 is 1. The molecule has 0 aliphatic heterocycles. The van der Waals surface area contributed by atoms with Gasteiger partial charge >= 0.3 is 0 Å². The van der Waals surface area contributed by atoms with E-state index in [0.29, 0.717) is 23.7 Å². The van der Waals surface area contributed by atoms with Gasteiger partial charge in [-0.3, -0.25) is 13.9 Å². The predicted octanol–water partition coefficient (Wildman–Crippen LogP) is 5.27. The number of nitrogens with one attached hydrogen (secondary N) is 1. The number of ether oxygens (including phenoxy) is 1. The lowest BCUT2D eigenvalue weighted by Crippen LogP contribution is -2.52. The number of unbranched alkanes of at least 4 members (excludes halogenated alkanes) is 1. The third kappa shape index (κ3) is 7.99. The second-order valence-corrected chi connectivity index (χ2v) is 11.5. The van der Waals surface area contributed by atoms with Crippen molar-refractivity contribution in [3.63, 3.8) is 0 Å². The molecule has 0 radical (unpaired) electrons. The normalized spacial score (nSPS) is 11.9. The zero-order valence-electron chi connectivity index (χ0n) is 23.0. The van der Waals surface area contributed by atoms with Gasteiger partial charge in [0.2, 0.25) is 11.8 Å². The Bertz CT molecular complexity index is 1350. The van der Waals surface area contributed by atoms with Crippen LogP contribution in [0.4, 0.5) is 5.69 Å². The first-order valence-electron chi connectivity index (χ1n) is 13.2. The van der Waals surface area contributed by atoms with Gasteiger partial charge in [0.25, 0.3) is 10.0 Å². The molecule has 0 aliphatic carbocycles. The summed E-state index contributed by atoms with van der Waals surface area (Å²) in [7, 11) is -2.68. The van der Waals surface area contributed by atoms with Crippen LogP contribution in [0, 0.1) is 0 Å². The number of anilines is 1. The SMILES string of the molecule is CCCCNC(=O)[C@H](CC)N(Cc1ccccc1)C(=O)CN(c1ccc(Cl)cc1)S(=O)(=O)c1ccc(OC)cc1. The molecule has 0 saturated heterocycles. The quantitative estimate of drug-likeness (QED) is 0.260. The first-order valence-corrected chi connectivity index (χ1v) is 15.1. The van der Waals surface area contributed by atoms with Crippen LogP contribution in [0.3, 0.4) is 0 Å². The Morgan fingerprint density at radius 1 is 0.950 bits per heavy atom. The van der Waals surface area contributed by atoms with Crippen molar-refractivity contribution in [3.05, 3.63) is 89.4 Å². The van der Waals surface area contributed by atoms with E-state index in [1.165, 1.54) is 24.1 Å². The van der Waals surface area contributed by atoms with Crippen LogP contribution in [0.25, 0.3) is 0 Å². The fraction of sp³-hybridized carbons (Fsp3) is 0.333. The molecule has 0 heterocycles. The molecule has 8 nitrogen and oxygen atoms in total. The Kier molecular flexibility index (Phi) is 11.4. The number of rotatable bonds is 14. The molecule has 1 atom stereocenters. The molecule has 0 aliphatic rings. The zero-order chi connectivity index (χ0) is 29.1. The van der Waals surface area contributed by atoms with Crippen LogP contribution < -0.4 is 14.4 Å². The zero-order valence-corrected chi connectivity index (χ0v) is 24.6. The van der Waals surface area contributed by atoms with E-state index >= 15 is 0 Å². The van der Waals surface area contributed by atoms with E-state index in [1.807, 2.05) is 44.2 Å². The predicted molar refractivity (Wildman–Crippen MR) is 158 cm³/mol. The summed E-state index contributed by atoms with van der Waals surface area (Å²) >= 11 is 6.07. The Morgan fingerprint density at radius 3 is 2.17 bits per heavy atom. The molecule has 0 fully saturated rings. The lowest BCUT2D eigenvalue weighted by Gasteiger charge is -2.33. The van der Waals surface area contributed by atoms with Crippen molar-refractivity contribution < 1.29 is 22.7 Å². The number of benzene rings is 3. The molecule has 2 amide bonds. The number of amides is 2. The van der Waals surface area contributed by atoms with Gasteiger partial charge in [0.1, 0.15) is 18.3 Å². The lowest BCUT2D eigenvalue weighted by molar-refractivity contribution is -0.140. The number of carbonyl (C=O) groups is 2. The van der Waals surface area contributed by atoms with Gasteiger partial charge in [-0.05, 0) is 66.9 Å². The van der Waals surface area contributed by atoms with Crippen molar-refractivity contribution in [2.45, 2.75) is 50.6 Å². The van der Waals surface area contributed by atoms with Gasteiger partial charge in [0.05, 0.1) is 17.7 Å². The molecular formula is C30H36ClN3O5S. The Balaban J connectivity index is 2.01. The Labute approximate surface area is 241 Å². The van der Waals surface area contributed by atoms with Gasteiger partial charge in [0, 0.05) is 18.1 Å². The standard InChI is InChI=1S/C30H36ClN3O5S/c1-4-6-20-32-30(36)28(5-2)33(21-23-10-8-7-9-11-23)29(35)22-34(25-14-12-24(31)13-15-25)40(37,38)27-18-16-26(39-3)17-19-27/h7-19,28H,4-6,20-22H2,1-3H3,(H,32,36)/t28-/m0/s1. The smallest absolute Gasteiger partial charge is 0.264 e. The van der Waals surface area contributed by atoms with Gasteiger partial charge < -0.3 is 15.0 Å². The van der Waals surface area contributed by atoms with E-state index < -0.39 is 28.5 Å². The maximum atomic E-state index is 14.0. The molecule has 3 aromatic rings. The highest BCUT2D eigenvalue weighted by molar-refractivity contribution is 7.92. The third-order valence-electron chi connectivity index (χ3n) is 6.45. The summed E-state index contributed by atoms with van der Waals surface area (Å²) in [5, 5.41) is 3.35. The van der Waals surface area contributed by atoms with Crippen LogP contribution in [0.1, 0.15) is 38.7 Å². The highest BCUT2D eigenvalue weighted by Gasteiger charge is 2.33. The van der Waals surface area contributed by atoms with E-state index in [9.17, 15) is 18.0 Å². The van der Waals surface area contributed by atoms with Crippen molar-refractivity contribution >= 4 is 39.1 Å². The van der Waals surface area contributed by atoms with E-state index in [1.54, 1.807) is 36.4 Å². The largest absolute Gasteiger partial charge is 0.497 e. The monoisotopic (exact) mass is 585 g/mol. The molecule has 0 aromatic heterocycles. The fourth-order valence-corrected chi connectivity index (χ4v) is 5.76. The minimum Gasteiger partial charge on any atom is -0.497 e. The van der Waals surface area contributed by atoms with Crippen molar-refractivity contribution in [2.75, 3.05) is 24.5 Å². The molecule has 3 rings (SSSR count). The number of nitrogens with zero attached hydrogens (tertiary/aromatic N) is 2. The number of sulfonamides is 1. The van der Waals surface area contributed by atoms with Crippen molar-refractivity contribution in [1.82, 2.24) is 10.2 Å². The number of carbonyl (C=O) groups excluding carboxylic acids is 2. The first-order chi connectivity index (χ1) is 19.2. The van der Waals surface area contributed by atoms with E-state index in [-0.39, 0.29) is 23.0 Å². The minimum absolute atomic E-state index is 0.00462. The minimum atomic E-state index is -4.18. The molecule has 214 valence electrons. The van der Waals surface area contributed by atoms with Crippen LogP contribution in [0.5, 0.6) is 5.75 Å². The average molecular weight is 586 g/mol. The average Bonchev–Trinajstić information content (AvgIpc) is 2.97. The second-order valence-electron chi connectivity index (χ2n) is 9.24. The van der Waals surface area contributed by atoms with Crippen LogP contribution in [0.2, 0.25) is 5.02 Å². The number of hydrogen-bond acceptors (Lipinski definition) is 5. The molecule has 0 unspecified atom stereocenters. The van der Waals surface area contributed by atoms with E-state index in [2.05, 4.69) is 5.32 Å². The van der Waals surface area contributed by atoms with Gasteiger partial charge in [-0.25, -0.2) is 8.42 Å². The van der Waals surface area contributed by atoms with Crippen molar-refractivity contribution in [2.24, 2.45) is 0 Å². The Hall–Kier alpha value is -3.56. The molecule has 3 aromatic carbocycles. The lowest BCUT2D eigenvalue weighted by atomic mass is 10.1. The number of halogens is 1. The summed E-state index contributed by atoms with van der Waals surface area (Å²) in [5.41, 5.74) is 1.10. The molecule has 40 heavy (non-hydrogen) atoms. The van der Waals surface area contributed by atoms with Crippen molar-refractivity contribution in [3.8, 4) is 5.75 Å². The van der Waals surface area contributed by atoms with Crippen LogP contribution in [0.15, 0.2) is 83.8 Å². The van der Waals surface area contributed by atoms with Gasteiger partial charge in [-0.15, -0.1) is 0 Å². The van der Waals surface area contributed by atoms with Gasteiger partial charge in [0.15, 0.2) is 0 Å². The summed E-state index contributed by atoms with van der Waals surface area (Å²) in [4.78, 5) is 28.7. The van der Waals surface area contributed by atoms with Crippen LogP contribution in [-0.4, -0.2) is 51.4 Å². The van der Waals surface area contributed by atoms with Crippen LogP contribution in [-0.2, 0) is 26.2 Å². The van der Waals surface area contributed by atoms with E-state index in [4.69, 9.17) is 16.3 Å². The summed E-state index contributed by atoms with van der Waals surface area (Å²) < 4.78 is 34.0. The molecule has 10 heteroatoms. The van der Waals surface area contributed by atoms with Gasteiger partial charge in [-0.2, -0.15) is 0 Å². The van der Waals surface area contributed by atoms with Crippen LogP contribution >= 0.6 is 11.6 Å². The Morgan fingerprint density at radius 2 is 1.60 bits per heavy atom. The highest BCUT2D eigenvalue weighted by atomic mass is 35.5. The molecule has 0 spiro atoms.